The molecule has 166 valence electrons. The number of fused-ring (bicyclic) bond motifs is 1. The van der Waals surface area contributed by atoms with Gasteiger partial charge in [-0.3, -0.25) is 19.5 Å². The lowest BCUT2D eigenvalue weighted by molar-refractivity contribution is -0.133. The second kappa shape index (κ2) is 8.43. The van der Waals surface area contributed by atoms with Crippen LogP contribution in [0.5, 0.6) is 23.0 Å². The van der Waals surface area contributed by atoms with Gasteiger partial charge in [0, 0.05) is 5.56 Å². The van der Waals surface area contributed by atoms with Crippen molar-refractivity contribution in [1.29, 1.82) is 0 Å². The minimum absolute atomic E-state index is 0.0284. The molecule has 0 radical (unpaired) electrons. The maximum Gasteiger partial charge on any atom is 0.584 e. The van der Waals surface area contributed by atoms with E-state index in [1.807, 2.05) is 0 Å². The molecule has 2 atom stereocenters. The standard InChI is InChI=1S/C20H16O10P2/c21-20-19(17-3-1-2-4-18(17)27-20)13-5-7-15(8-6-13)29-32(25,26)30-16-11-9-14(10-12-16)28-31(22,23)24/h1-12,19H,(H,25,26)(H2,22,23,24)/t19-/m1/s1. The van der Waals surface area contributed by atoms with Crippen molar-refractivity contribution < 1.29 is 46.9 Å². The number of hydrogen-bond donors (Lipinski definition) is 3. The van der Waals surface area contributed by atoms with Gasteiger partial charge in [-0.1, -0.05) is 30.3 Å². The van der Waals surface area contributed by atoms with Gasteiger partial charge in [-0.15, -0.1) is 0 Å². The van der Waals surface area contributed by atoms with E-state index in [1.165, 1.54) is 24.3 Å². The Bertz CT molecular complexity index is 1230. The van der Waals surface area contributed by atoms with Crippen LogP contribution in [0.1, 0.15) is 17.0 Å². The molecule has 1 aliphatic rings. The third-order valence-corrected chi connectivity index (χ3v) is 5.71. The molecule has 0 aliphatic carbocycles. The maximum atomic E-state index is 12.3. The first kappa shape index (κ1) is 22.1. The van der Waals surface area contributed by atoms with Gasteiger partial charge in [0.05, 0.1) is 0 Å². The predicted molar refractivity (Wildman–Crippen MR) is 111 cm³/mol. The molecule has 0 spiro atoms. The number of phosphoric ester groups is 2. The van der Waals surface area contributed by atoms with E-state index in [9.17, 15) is 18.8 Å². The van der Waals surface area contributed by atoms with Crippen molar-refractivity contribution in [3.63, 3.8) is 0 Å². The molecule has 32 heavy (non-hydrogen) atoms. The second-order valence-electron chi connectivity index (χ2n) is 6.67. The Hall–Kier alpha value is -3.13. The fourth-order valence-electron chi connectivity index (χ4n) is 3.13. The van der Waals surface area contributed by atoms with Gasteiger partial charge >= 0.3 is 21.6 Å². The SMILES string of the molecule is O=C1Oc2ccccc2[C@H]1c1ccc(OP(=O)(O)Oc2ccc(OP(=O)(O)O)cc2)cc1. The molecule has 0 aromatic heterocycles. The van der Waals surface area contributed by atoms with E-state index < -0.39 is 27.5 Å². The highest BCUT2D eigenvalue weighted by Gasteiger charge is 2.34. The lowest BCUT2D eigenvalue weighted by Gasteiger charge is -2.15. The number of hydrogen-bond acceptors (Lipinski definition) is 7. The van der Waals surface area contributed by atoms with Gasteiger partial charge in [-0.2, -0.15) is 0 Å². The molecule has 3 N–H and O–H groups in total. The summed E-state index contributed by atoms with van der Waals surface area (Å²) in [5, 5.41) is 0. The molecule has 0 bridgehead atoms. The molecule has 1 heterocycles. The third-order valence-electron chi connectivity index (χ3n) is 4.38. The summed E-state index contributed by atoms with van der Waals surface area (Å²) in [6.07, 6.45) is 0. The molecule has 3 aromatic rings. The summed E-state index contributed by atoms with van der Waals surface area (Å²) in [6, 6.07) is 17.7. The molecule has 0 saturated carbocycles. The van der Waals surface area contributed by atoms with Gasteiger partial charge in [0.25, 0.3) is 0 Å². The first-order chi connectivity index (χ1) is 15.1. The molecular formula is C20H16O10P2. The first-order valence-corrected chi connectivity index (χ1v) is 12.1. The first-order valence-electron chi connectivity index (χ1n) is 9.07. The molecule has 10 nitrogen and oxygen atoms in total. The van der Waals surface area contributed by atoms with Gasteiger partial charge in [-0.25, -0.2) is 9.13 Å². The topological polar surface area (TPSA) is 149 Å². The quantitative estimate of drug-likeness (QED) is 0.260. The van der Waals surface area contributed by atoms with Gasteiger partial charge in [-0.05, 0) is 48.0 Å². The molecule has 0 saturated heterocycles. The van der Waals surface area contributed by atoms with Gasteiger partial charge in [0.2, 0.25) is 0 Å². The number of esters is 1. The van der Waals surface area contributed by atoms with Crippen LogP contribution in [0, 0.1) is 0 Å². The van der Waals surface area contributed by atoms with Crippen molar-refractivity contribution in [2.24, 2.45) is 0 Å². The highest BCUT2D eigenvalue weighted by atomic mass is 31.2. The number of para-hydroxylation sites is 1. The smallest absolute Gasteiger partial charge is 0.425 e. The lowest BCUT2D eigenvalue weighted by atomic mass is 9.93. The second-order valence-corrected chi connectivity index (χ2v) is 9.13. The third kappa shape index (κ3) is 5.19. The summed E-state index contributed by atoms with van der Waals surface area (Å²) in [7, 11) is -9.31. The van der Waals surface area contributed by atoms with Crippen molar-refractivity contribution in [3.05, 3.63) is 83.9 Å². The lowest BCUT2D eigenvalue weighted by Crippen LogP contribution is -2.11. The summed E-state index contributed by atoms with van der Waals surface area (Å²) < 4.78 is 42.8. The zero-order valence-electron chi connectivity index (χ0n) is 16.1. The van der Waals surface area contributed by atoms with Gasteiger partial charge in [0.15, 0.2) is 0 Å². The van der Waals surface area contributed by atoms with Crippen LogP contribution >= 0.6 is 15.6 Å². The largest absolute Gasteiger partial charge is 0.584 e. The summed E-state index contributed by atoms with van der Waals surface area (Å²) in [6.45, 7) is 0. The molecule has 1 aliphatic heterocycles. The van der Waals surface area contributed by atoms with Crippen molar-refractivity contribution in [1.82, 2.24) is 0 Å². The number of rotatable bonds is 7. The molecule has 4 rings (SSSR count). The van der Waals surface area contributed by atoms with Crippen LogP contribution in [0.4, 0.5) is 0 Å². The van der Waals surface area contributed by atoms with E-state index >= 15 is 0 Å². The monoisotopic (exact) mass is 478 g/mol. The van der Waals surface area contributed by atoms with E-state index in [4.69, 9.17) is 23.6 Å². The fourth-order valence-corrected chi connectivity index (χ4v) is 4.34. The summed E-state index contributed by atoms with van der Waals surface area (Å²) in [5.41, 5.74) is 1.36. The molecule has 0 fully saturated rings. The Balaban J connectivity index is 1.43. The maximum absolute atomic E-state index is 12.3. The molecule has 1 unspecified atom stereocenters. The van der Waals surface area contributed by atoms with Crippen LogP contribution in [0.3, 0.4) is 0 Å². The summed E-state index contributed by atoms with van der Waals surface area (Å²) in [4.78, 5) is 39.8. The number of carbonyl (C=O) groups excluding carboxylic acids is 1. The van der Waals surface area contributed by atoms with Gasteiger partial charge < -0.3 is 18.3 Å². The van der Waals surface area contributed by atoms with E-state index in [0.29, 0.717) is 11.3 Å². The highest BCUT2D eigenvalue weighted by molar-refractivity contribution is 7.48. The highest BCUT2D eigenvalue weighted by Crippen LogP contribution is 2.46. The van der Waals surface area contributed by atoms with Crippen LogP contribution in [-0.2, 0) is 13.9 Å². The average Bonchev–Trinajstić information content (AvgIpc) is 3.04. The Morgan fingerprint density at radius 1 is 0.719 bits per heavy atom. The molecule has 12 heteroatoms. The Morgan fingerprint density at radius 3 is 1.78 bits per heavy atom. The van der Waals surface area contributed by atoms with Crippen LogP contribution in [-0.4, -0.2) is 20.6 Å². The van der Waals surface area contributed by atoms with Crippen LogP contribution < -0.4 is 18.3 Å². The van der Waals surface area contributed by atoms with Crippen LogP contribution in [0.25, 0.3) is 0 Å². The molecular weight excluding hydrogens is 462 g/mol. The minimum atomic E-state index is -4.72. The summed E-state index contributed by atoms with van der Waals surface area (Å²) >= 11 is 0. The van der Waals surface area contributed by atoms with Crippen molar-refractivity contribution in [3.8, 4) is 23.0 Å². The minimum Gasteiger partial charge on any atom is -0.425 e. The number of carbonyl (C=O) groups is 1. The Labute approximate surface area is 181 Å². The van der Waals surface area contributed by atoms with E-state index in [1.54, 1.807) is 36.4 Å². The number of benzene rings is 3. The fraction of sp³-hybridized carbons (Fsp3) is 0.0500. The average molecular weight is 478 g/mol. The van der Waals surface area contributed by atoms with Crippen molar-refractivity contribution in [2.45, 2.75) is 5.92 Å². The van der Waals surface area contributed by atoms with Gasteiger partial charge in [0.1, 0.15) is 28.9 Å². The zero-order chi connectivity index (χ0) is 22.9. The van der Waals surface area contributed by atoms with Crippen LogP contribution in [0.15, 0.2) is 72.8 Å². The number of ether oxygens (including phenoxy) is 1. The predicted octanol–water partition coefficient (Wildman–Crippen LogP) is 3.77. The number of phosphoric acid groups is 2. The molecule has 0 amide bonds. The van der Waals surface area contributed by atoms with Crippen molar-refractivity contribution >= 4 is 21.6 Å². The Kier molecular flexibility index (Phi) is 5.81. The zero-order valence-corrected chi connectivity index (χ0v) is 17.9. The van der Waals surface area contributed by atoms with E-state index in [-0.39, 0.29) is 17.2 Å². The Morgan fingerprint density at radius 2 is 1.22 bits per heavy atom. The van der Waals surface area contributed by atoms with E-state index in [2.05, 4.69) is 4.52 Å². The van der Waals surface area contributed by atoms with Crippen LogP contribution in [0.2, 0.25) is 0 Å². The normalized spacial score (nSPS) is 17.1. The molecule has 3 aromatic carbocycles. The van der Waals surface area contributed by atoms with Crippen molar-refractivity contribution in [2.75, 3.05) is 0 Å². The van der Waals surface area contributed by atoms with E-state index in [0.717, 1.165) is 17.7 Å². The summed E-state index contributed by atoms with van der Waals surface area (Å²) in [5.74, 6) is -0.736.